The molecule has 0 radical (unpaired) electrons. The maximum atomic E-state index is 12.8. The second kappa shape index (κ2) is 10.4. The molecule has 3 heterocycles. The molecule has 0 fully saturated rings. The first-order chi connectivity index (χ1) is 18.8. The third-order valence-corrected chi connectivity index (χ3v) is 5.27. The first kappa shape index (κ1) is 21.4. The molecule has 0 unspecified atom stereocenters. The molecule has 0 spiro atoms. The van der Waals surface area contributed by atoms with Crippen molar-refractivity contribution in [1.29, 1.82) is 0 Å². The highest BCUT2D eigenvalue weighted by atomic mass is 16.5. The summed E-state index contributed by atoms with van der Waals surface area (Å²) in [5.41, 5.74) is 1.38. The van der Waals surface area contributed by atoms with Crippen molar-refractivity contribution in [2.75, 3.05) is 24.7 Å². The summed E-state index contributed by atoms with van der Waals surface area (Å²) in [5.74, 6) is 0.258. The number of nitrogens with one attached hydrogen (secondary N) is 3. The molecule has 13 nitrogen and oxygen atoms in total. The molecule has 0 aliphatic heterocycles. The molecule has 37 heavy (non-hydrogen) atoms. The first-order valence-electron chi connectivity index (χ1n) is 12.5. The van der Waals surface area contributed by atoms with Crippen LogP contribution < -0.4 is 20.7 Å². The van der Waals surface area contributed by atoms with E-state index in [4.69, 9.17) is 8.85 Å². The number of aromatic nitrogens is 7. The zero-order valence-electron chi connectivity index (χ0n) is 23.7. The maximum Gasteiger partial charge on any atom is 0.275 e. The summed E-state index contributed by atoms with van der Waals surface area (Å²) in [4.78, 5) is 38.4. The van der Waals surface area contributed by atoms with Crippen LogP contribution in [0, 0.1) is 20.8 Å². The summed E-state index contributed by atoms with van der Waals surface area (Å²) in [6.07, 6.45) is 0. The normalized spacial score (nSPS) is 12.2. The summed E-state index contributed by atoms with van der Waals surface area (Å²) >= 11 is 0. The van der Waals surface area contributed by atoms with Crippen LogP contribution in [-0.4, -0.2) is 60.8 Å². The summed E-state index contributed by atoms with van der Waals surface area (Å²) in [5, 5.41) is 19.7. The van der Waals surface area contributed by atoms with Crippen LogP contribution in [0.1, 0.15) is 42.4 Å². The summed E-state index contributed by atoms with van der Waals surface area (Å²) in [6.45, 7) is 2.43. The average Bonchev–Trinajstić information content (AvgIpc) is 3.20. The topological polar surface area (TPSA) is 162 Å². The Balaban J connectivity index is 1.74. The molecule has 0 saturated heterocycles. The monoisotopic (exact) mass is 505 g/mol. The van der Waals surface area contributed by atoms with Gasteiger partial charge in [-0.3, -0.25) is 14.3 Å². The van der Waals surface area contributed by atoms with Crippen LogP contribution in [0.5, 0.6) is 5.75 Å². The fraction of sp³-hybridized carbons (Fsp3) is 0.250. The predicted octanol–water partition coefficient (Wildman–Crippen LogP) is 2.35. The Morgan fingerprint density at radius 3 is 2.51 bits per heavy atom. The summed E-state index contributed by atoms with van der Waals surface area (Å²) < 4.78 is 29.5. The van der Waals surface area contributed by atoms with Crippen molar-refractivity contribution in [2.24, 2.45) is 7.05 Å². The van der Waals surface area contributed by atoms with Crippen LogP contribution in [0.4, 0.5) is 17.2 Å². The maximum absolute atomic E-state index is 12.8. The largest absolute Gasteiger partial charge is 0.494 e. The Morgan fingerprint density at radius 2 is 1.84 bits per heavy atom. The minimum atomic E-state index is -2.77. The van der Waals surface area contributed by atoms with E-state index >= 15 is 0 Å². The van der Waals surface area contributed by atoms with Gasteiger partial charge in [0.1, 0.15) is 17.3 Å². The van der Waals surface area contributed by atoms with Crippen molar-refractivity contribution in [2.45, 2.75) is 20.8 Å². The van der Waals surface area contributed by atoms with Crippen molar-refractivity contribution >= 4 is 29.0 Å². The van der Waals surface area contributed by atoms with Crippen molar-refractivity contribution in [3.8, 4) is 17.1 Å². The number of carbonyl (C=O) groups is 2. The molecule has 0 saturated carbocycles. The Hall–Kier alpha value is -4.94. The second-order valence-electron chi connectivity index (χ2n) is 7.96. The van der Waals surface area contributed by atoms with E-state index in [2.05, 4.69) is 40.9 Å². The van der Waals surface area contributed by atoms with Crippen LogP contribution in [-0.2, 0) is 7.05 Å². The zero-order chi connectivity index (χ0) is 29.2. The lowest BCUT2D eigenvalue weighted by Crippen LogP contribution is -2.22. The molecule has 1 aromatic carbocycles. The molecule has 3 aromatic heterocycles. The van der Waals surface area contributed by atoms with Gasteiger partial charge >= 0.3 is 0 Å². The fourth-order valence-corrected chi connectivity index (χ4v) is 3.54. The van der Waals surface area contributed by atoms with E-state index < -0.39 is 18.8 Å². The summed E-state index contributed by atoms with van der Waals surface area (Å²) in [6, 6.07) is 8.02. The van der Waals surface area contributed by atoms with Gasteiger partial charge in [-0.25, -0.2) is 15.0 Å². The van der Waals surface area contributed by atoms with Gasteiger partial charge in [0.25, 0.3) is 11.8 Å². The van der Waals surface area contributed by atoms with Crippen molar-refractivity contribution in [1.82, 2.24) is 40.2 Å². The molecule has 0 aliphatic rings. The van der Waals surface area contributed by atoms with Gasteiger partial charge in [-0.2, -0.15) is 5.10 Å². The number of benzene rings is 1. The van der Waals surface area contributed by atoms with Gasteiger partial charge < -0.3 is 20.7 Å². The number of rotatable bonds is 7. The molecule has 13 heteroatoms. The van der Waals surface area contributed by atoms with Gasteiger partial charge in [0, 0.05) is 29.9 Å². The number of anilines is 3. The minimum absolute atomic E-state index is 0.0241. The highest BCUT2D eigenvalue weighted by Crippen LogP contribution is 2.37. The minimum Gasteiger partial charge on any atom is -0.494 e. The lowest BCUT2D eigenvalue weighted by atomic mass is 10.1. The van der Waals surface area contributed by atoms with E-state index in [0.29, 0.717) is 40.2 Å². The fourth-order valence-electron chi connectivity index (χ4n) is 3.54. The molecule has 0 aliphatic carbocycles. The number of carbonyl (C=O) groups excluding carboxylic acids is 2. The van der Waals surface area contributed by atoms with E-state index in [-0.39, 0.29) is 22.9 Å². The van der Waals surface area contributed by atoms with Gasteiger partial charge in [0.05, 0.1) is 24.0 Å². The molecule has 0 atom stereocenters. The quantitative estimate of drug-likeness (QED) is 0.340. The highest BCUT2D eigenvalue weighted by molar-refractivity contribution is 6.03. The van der Waals surface area contributed by atoms with Gasteiger partial charge in [-0.1, -0.05) is 6.07 Å². The van der Waals surface area contributed by atoms with Gasteiger partial charge in [-0.05, 0) is 39.0 Å². The summed E-state index contributed by atoms with van der Waals surface area (Å²) in [7, 11) is 3.23. The molecular weight excluding hydrogens is 476 g/mol. The molecule has 4 aromatic rings. The smallest absolute Gasteiger partial charge is 0.275 e. The van der Waals surface area contributed by atoms with Crippen LogP contribution in [0.25, 0.3) is 11.4 Å². The Morgan fingerprint density at radius 1 is 1.03 bits per heavy atom. The Bertz CT molecular complexity index is 1560. The molecule has 2 amide bonds. The number of hydrogen-bond donors (Lipinski definition) is 3. The van der Waals surface area contributed by atoms with Crippen LogP contribution in [0.2, 0.25) is 0 Å². The van der Waals surface area contributed by atoms with Crippen molar-refractivity contribution < 1.29 is 18.4 Å². The van der Waals surface area contributed by atoms with Gasteiger partial charge in [0.15, 0.2) is 23.1 Å². The van der Waals surface area contributed by atoms with E-state index in [1.807, 2.05) is 12.2 Å². The van der Waals surface area contributed by atoms with Crippen molar-refractivity contribution in [3.63, 3.8) is 0 Å². The average molecular weight is 506 g/mol. The number of amides is 2. The number of ether oxygens (including phenoxy) is 1. The Kier molecular flexibility index (Phi) is 5.98. The lowest BCUT2D eigenvalue weighted by molar-refractivity contribution is 0.0957. The van der Waals surface area contributed by atoms with E-state index in [1.54, 1.807) is 43.8 Å². The first-order valence-corrected chi connectivity index (χ1v) is 11.0. The van der Waals surface area contributed by atoms with Crippen LogP contribution in [0.15, 0.2) is 30.3 Å². The third kappa shape index (κ3) is 5.34. The Labute approximate surface area is 216 Å². The van der Waals surface area contributed by atoms with Gasteiger partial charge in [-0.15, -0.1) is 10.2 Å². The molecule has 190 valence electrons. The number of para-hydroxylation sites is 1. The molecule has 0 bridgehead atoms. The number of hydrogen-bond acceptors (Lipinski definition) is 10. The molecule has 3 N–H and O–H groups in total. The SMILES string of the molecule is [2H]C([2H])([2H])NC(=O)c1nnc(NC(=O)c2cc(C)nc(C)n2)cc1Nc1cccc(-c2nc(C)n(C)n2)c1OC. The third-order valence-electron chi connectivity index (χ3n) is 5.27. The van der Waals surface area contributed by atoms with Gasteiger partial charge in [0.2, 0.25) is 0 Å². The molecule has 4 rings (SSSR count). The van der Waals surface area contributed by atoms with E-state index in [9.17, 15) is 9.59 Å². The zero-order valence-corrected chi connectivity index (χ0v) is 20.7. The second-order valence-corrected chi connectivity index (χ2v) is 7.96. The van der Waals surface area contributed by atoms with E-state index in [1.165, 1.54) is 19.2 Å². The number of aryl methyl sites for hydroxylation is 4. The molecular formula is C24H26N10O3. The van der Waals surface area contributed by atoms with E-state index in [0.717, 1.165) is 0 Å². The number of methoxy groups -OCH3 is 1. The van der Waals surface area contributed by atoms with Crippen LogP contribution >= 0.6 is 0 Å². The standard InChI is InChI=1S/C24H26N10O3/c1-12-10-18(27-13(2)26-12)23(35)30-19-11-17(20(32-31-19)24(36)25-4)29-16-9-7-8-15(21(16)37-6)22-28-14(3)34(5)33-22/h7-11H,1-6H3,(H,25,36)(H2,29,30,31,35)/i4D3. The highest BCUT2D eigenvalue weighted by Gasteiger charge is 2.20. The predicted molar refractivity (Wildman–Crippen MR) is 136 cm³/mol. The van der Waals surface area contributed by atoms with Crippen LogP contribution in [0.3, 0.4) is 0 Å². The van der Waals surface area contributed by atoms with Crippen molar-refractivity contribution in [3.05, 3.63) is 59.1 Å². The number of nitrogens with zero attached hydrogens (tertiary/aromatic N) is 7. The lowest BCUT2D eigenvalue weighted by Gasteiger charge is -2.16.